The van der Waals surface area contributed by atoms with Gasteiger partial charge in [0.15, 0.2) is 0 Å². The molecule has 2 N–H and O–H groups in total. The number of alkyl halides is 3. The average Bonchev–Trinajstić information content (AvgIpc) is 3.56. The van der Waals surface area contributed by atoms with Gasteiger partial charge in [-0.2, -0.15) is 21.6 Å². The van der Waals surface area contributed by atoms with E-state index in [1.54, 1.807) is 18.3 Å². The number of rotatable bonds is 10. The molecule has 0 saturated heterocycles. The molecule has 0 aliphatic rings. The van der Waals surface area contributed by atoms with Crippen LogP contribution in [0.3, 0.4) is 0 Å². The number of aromatic nitrogens is 4. The van der Waals surface area contributed by atoms with Crippen molar-refractivity contribution in [1.29, 1.82) is 0 Å². The molecule has 208 valence electrons. The third-order valence-electron chi connectivity index (χ3n) is 5.11. The third kappa shape index (κ3) is 11.5. The highest BCUT2D eigenvalue weighted by molar-refractivity contribution is 7.79. The van der Waals surface area contributed by atoms with Gasteiger partial charge in [-0.05, 0) is 60.7 Å². The number of unbranched alkanes of at least 4 members (excludes halogenated alkanes) is 1. The van der Waals surface area contributed by atoms with Crippen molar-refractivity contribution in [3.8, 4) is 5.75 Å². The minimum atomic E-state index is -4.67. The molecule has 2 heterocycles. The molecule has 0 atom stereocenters. The van der Waals surface area contributed by atoms with E-state index in [2.05, 4.69) is 15.3 Å². The molecule has 4 aromatic rings. The Morgan fingerprint density at radius 1 is 1.00 bits per heavy atom. The maximum absolute atomic E-state index is 12.6. The summed E-state index contributed by atoms with van der Waals surface area (Å²) in [5, 5.41) is 7.75. The van der Waals surface area contributed by atoms with Gasteiger partial charge in [0.05, 0.1) is 11.8 Å². The van der Waals surface area contributed by atoms with Gasteiger partial charge >= 0.3 is 16.6 Å². The number of halogens is 3. The van der Waals surface area contributed by atoms with Gasteiger partial charge in [0.25, 0.3) is 0 Å². The van der Waals surface area contributed by atoms with E-state index in [0.29, 0.717) is 17.1 Å². The number of ether oxygens (including phenoxy) is 1. The van der Waals surface area contributed by atoms with Crippen LogP contribution in [0.1, 0.15) is 41.1 Å². The molecule has 2 aromatic carbocycles. The van der Waals surface area contributed by atoms with E-state index < -0.39 is 22.1 Å². The van der Waals surface area contributed by atoms with Gasteiger partial charge < -0.3 is 9.15 Å². The largest absolute Gasteiger partial charge is 0.487 e. The van der Waals surface area contributed by atoms with Crippen molar-refractivity contribution in [2.45, 2.75) is 38.6 Å². The molecule has 39 heavy (non-hydrogen) atoms. The molecule has 0 amide bonds. The quantitative estimate of drug-likeness (QED) is 0.191. The second-order valence-corrected chi connectivity index (χ2v) is 9.03. The van der Waals surface area contributed by atoms with E-state index in [9.17, 15) is 13.2 Å². The van der Waals surface area contributed by atoms with Crippen molar-refractivity contribution in [2.24, 2.45) is 0 Å². The zero-order valence-corrected chi connectivity index (χ0v) is 21.2. The van der Waals surface area contributed by atoms with Crippen molar-refractivity contribution in [1.82, 2.24) is 20.0 Å². The van der Waals surface area contributed by atoms with Crippen LogP contribution in [0.2, 0.25) is 0 Å². The van der Waals surface area contributed by atoms with Crippen molar-refractivity contribution in [2.75, 3.05) is 0 Å². The van der Waals surface area contributed by atoms with Crippen molar-refractivity contribution in [3.05, 3.63) is 95.5 Å². The fourth-order valence-corrected chi connectivity index (χ4v) is 3.28. The van der Waals surface area contributed by atoms with Crippen LogP contribution in [0, 0.1) is 0 Å². The Bertz CT molecular complexity index is 1410. The van der Waals surface area contributed by atoms with Crippen molar-refractivity contribution >= 4 is 22.6 Å². The van der Waals surface area contributed by atoms with Crippen LogP contribution in [0.25, 0.3) is 12.2 Å². The number of hydrogen-bond donors (Lipinski definition) is 2. The van der Waals surface area contributed by atoms with Gasteiger partial charge in [-0.1, -0.05) is 29.5 Å². The van der Waals surface area contributed by atoms with Crippen molar-refractivity contribution in [3.63, 3.8) is 0 Å². The summed E-state index contributed by atoms with van der Waals surface area (Å²) in [4.78, 5) is 4.32. The first-order valence-electron chi connectivity index (χ1n) is 11.5. The monoisotopic (exact) mass is 566 g/mol. The Morgan fingerprint density at radius 2 is 1.69 bits per heavy atom. The second-order valence-electron chi connectivity index (χ2n) is 8.13. The van der Waals surface area contributed by atoms with Gasteiger partial charge in [0.2, 0.25) is 5.89 Å². The van der Waals surface area contributed by atoms with Crippen LogP contribution in [0.15, 0.2) is 71.6 Å². The molecule has 0 fully saturated rings. The van der Waals surface area contributed by atoms with E-state index in [0.717, 1.165) is 43.7 Å². The Balaban J connectivity index is 0.000000771. The predicted molar refractivity (Wildman–Crippen MR) is 135 cm³/mol. The van der Waals surface area contributed by atoms with Crippen LogP contribution < -0.4 is 4.74 Å². The molecule has 0 unspecified atom stereocenters. The van der Waals surface area contributed by atoms with Crippen LogP contribution in [-0.2, 0) is 36.1 Å². The van der Waals surface area contributed by atoms with Crippen molar-refractivity contribution < 1.29 is 39.8 Å². The summed E-state index contributed by atoms with van der Waals surface area (Å²) < 4.78 is 82.5. The summed E-state index contributed by atoms with van der Waals surface area (Å²) in [7, 11) is -4.67. The van der Waals surface area contributed by atoms with E-state index in [1.807, 2.05) is 35.1 Å². The molecular weight excluding hydrogens is 541 g/mol. The summed E-state index contributed by atoms with van der Waals surface area (Å²) in [5.74, 6) is 1.08. The van der Waals surface area contributed by atoms with Crippen LogP contribution in [-0.4, -0.2) is 37.5 Å². The van der Waals surface area contributed by atoms with Crippen LogP contribution >= 0.6 is 0 Å². The molecule has 0 bridgehead atoms. The highest BCUT2D eigenvalue weighted by Crippen LogP contribution is 2.29. The third-order valence-corrected chi connectivity index (χ3v) is 5.11. The molecule has 14 heteroatoms. The fourth-order valence-electron chi connectivity index (χ4n) is 3.28. The molecule has 0 radical (unpaired) electrons. The summed E-state index contributed by atoms with van der Waals surface area (Å²) in [6, 6.07) is 12.8. The van der Waals surface area contributed by atoms with Gasteiger partial charge in [-0.3, -0.25) is 13.8 Å². The first kappa shape index (κ1) is 29.5. The fraction of sp³-hybridized carbons (Fsp3) is 0.240. The van der Waals surface area contributed by atoms with Gasteiger partial charge in [0, 0.05) is 18.8 Å². The topological polar surface area (TPSA) is 141 Å². The zero-order chi connectivity index (χ0) is 28.3. The Morgan fingerprint density at radius 3 is 2.31 bits per heavy atom. The molecular formula is C25H25F3N4O6S. The minimum Gasteiger partial charge on any atom is -0.487 e. The maximum atomic E-state index is 12.6. The highest BCUT2D eigenvalue weighted by atomic mass is 32.3. The first-order valence-corrected chi connectivity index (χ1v) is 12.9. The molecule has 0 aliphatic carbocycles. The lowest BCUT2D eigenvalue weighted by Gasteiger charge is -2.06. The minimum absolute atomic E-state index is 0.245. The summed E-state index contributed by atoms with van der Waals surface area (Å²) >= 11 is 0. The average molecular weight is 567 g/mol. The van der Waals surface area contributed by atoms with Gasteiger partial charge in [0.1, 0.15) is 24.3 Å². The van der Waals surface area contributed by atoms with Crippen LogP contribution in [0.4, 0.5) is 13.2 Å². The number of aryl methyl sites for hydroxylation is 2. The summed E-state index contributed by atoms with van der Waals surface area (Å²) in [6.45, 7) is 1.11. The first-order chi connectivity index (χ1) is 18.5. The molecule has 0 saturated carbocycles. The molecule has 0 aliphatic heterocycles. The maximum Gasteiger partial charge on any atom is 0.416 e. The summed E-state index contributed by atoms with van der Waals surface area (Å²) in [5.41, 5.74) is 1.78. The van der Waals surface area contributed by atoms with Crippen LogP contribution in [0.5, 0.6) is 5.75 Å². The number of benzene rings is 2. The SMILES string of the molecule is FC(F)(F)c1ccc(C=Cc2nc(COc3ccc(CCCCn4ccnn4)cc3)co2)cc1.O=S(=O)(O)O. The second kappa shape index (κ2) is 13.7. The van der Waals surface area contributed by atoms with E-state index in [4.69, 9.17) is 26.7 Å². The highest BCUT2D eigenvalue weighted by Gasteiger charge is 2.29. The lowest BCUT2D eigenvalue weighted by atomic mass is 10.1. The van der Waals surface area contributed by atoms with Gasteiger partial charge in [-0.25, -0.2) is 4.98 Å². The predicted octanol–water partition coefficient (Wildman–Crippen LogP) is 5.40. The Labute approximate surface area is 222 Å². The lowest BCUT2D eigenvalue weighted by Crippen LogP contribution is -2.03. The standard InChI is InChI=1S/C25H23F3N4O2.H2O4S/c26-25(27,28)21-9-4-20(5-10-21)8-13-24-30-22(18-34-24)17-33-23-11-6-19(7-12-23)3-1-2-15-32-16-14-29-31-32;1-5(2,3)4/h4-14,16,18H,1-3,15,17H2;(H2,1,2,3,4). The molecule has 10 nitrogen and oxygen atoms in total. The smallest absolute Gasteiger partial charge is 0.416 e. The zero-order valence-electron chi connectivity index (χ0n) is 20.4. The number of nitrogens with zero attached hydrogens (tertiary/aromatic N) is 4. The number of oxazole rings is 1. The van der Waals surface area contributed by atoms with E-state index >= 15 is 0 Å². The summed E-state index contributed by atoms with van der Waals surface area (Å²) in [6.07, 6.45) is 7.00. The lowest BCUT2D eigenvalue weighted by molar-refractivity contribution is -0.137. The van der Waals surface area contributed by atoms with E-state index in [1.165, 1.54) is 24.0 Å². The molecule has 2 aromatic heterocycles. The normalized spacial score (nSPS) is 11.8. The van der Waals surface area contributed by atoms with Gasteiger partial charge in [-0.15, -0.1) is 5.10 Å². The molecule has 4 rings (SSSR count). The molecule has 0 spiro atoms. The van der Waals surface area contributed by atoms with E-state index in [-0.39, 0.29) is 6.61 Å². The Kier molecular flexibility index (Phi) is 10.4. The number of hydrogen-bond acceptors (Lipinski definition) is 7. The Hall–Kier alpha value is -4.01.